The minimum absolute atomic E-state index is 0.0848. The Morgan fingerprint density at radius 1 is 1.00 bits per heavy atom. The number of carbonyl (C=O) groups excluding carboxylic acids is 2. The lowest BCUT2D eigenvalue weighted by Gasteiger charge is -2.38. The molecule has 0 saturated carbocycles. The Labute approximate surface area is 159 Å². The fourth-order valence-electron chi connectivity index (χ4n) is 3.92. The third-order valence-corrected chi connectivity index (χ3v) is 5.68. The molecule has 140 valence electrons. The van der Waals surface area contributed by atoms with Gasteiger partial charge in [0.1, 0.15) is 0 Å². The van der Waals surface area contributed by atoms with Gasteiger partial charge in [-0.15, -0.1) is 0 Å². The first-order valence-electron chi connectivity index (χ1n) is 9.43. The summed E-state index contributed by atoms with van der Waals surface area (Å²) < 4.78 is 5.43. The molecule has 1 atom stereocenters. The molecular weight excluding hydrogens is 340 g/mol. The molecule has 0 N–H and O–H groups in total. The van der Waals surface area contributed by atoms with Gasteiger partial charge in [0.2, 0.25) is 0 Å². The van der Waals surface area contributed by atoms with E-state index in [1.807, 2.05) is 23.1 Å². The minimum Gasteiger partial charge on any atom is -0.448 e. The van der Waals surface area contributed by atoms with Gasteiger partial charge >= 0.3 is 5.97 Å². The molecule has 0 aromatic heterocycles. The first-order valence-corrected chi connectivity index (χ1v) is 9.43. The molecule has 0 bridgehead atoms. The number of benzene rings is 2. The first-order chi connectivity index (χ1) is 13.0. The first kappa shape index (κ1) is 17.6. The third-order valence-electron chi connectivity index (χ3n) is 5.68. The van der Waals surface area contributed by atoms with Crippen LogP contribution in [0.4, 0.5) is 5.69 Å². The third kappa shape index (κ3) is 3.29. The zero-order valence-corrected chi connectivity index (χ0v) is 15.8. The Bertz CT molecular complexity index is 885. The summed E-state index contributed by atoms with van der Waals surface area (Å²) in [5.74, 6) is -0.484. The van der Waals surface area contributed by atoms with E-state index < -0.39 is 12.1 Å². The molecule has 2 heterocycles. The second kappa shape index (κ2) is 7.06. The van der Waals surface area contributed by atoms with Gasteiger partial charge in [0.05, 0.1) is 5.56 Å². The zero-order chi connectivity index (χ0) is 19.0. The number of carbonyl (C=O) groups is 2. The van der Waals surface area contributed by atoms with Crippen LogP contribution in [-0.2, 0) is 16.0 Å². The molecule has 1 fully saturated rings. The highest BCUT2D eigenvalue weighted by atomic mass is 16.5. The molecule has 4 rings (SSSR count). The molecule has 2 aromatic carbocycles. The normalized spacial score (nSPS) is 19.5. The van der Waals surface area contributed by atoms with E-state index in [2.05, 4.69) is 36.9 Å². The quantitative estimate of drug-likeness (QED) is 0.769. The number of hydrogen-bond acceptors (Lipinski definition) is 4. The fourth-order valence-corrected chi connectivity index (χ4v) is 3.92. The second-order valence-electron chi connectivity index (χ2n) is 7.29. The molecule has 2 aliphatic rings. The SMILES string of the molecule is Cc1cccc(N2CCN(C(=O)[C@H]3Cc4ccccc4C(=O)O3)CC2)c1C. The number of rotatable bonds is 2. The average Bonchev–Trinajstić information content (AvgIpc) is 2.70. The van der Waals surface area contributed by atoms with Gasteiger partial charge < -0.3 is 14.5 Å². The van der Waals surface area contributed by atoms with E-state index >= 15 is 0 Å². The number of esters is 1. The number of nitrogens with zero attached hydrogens (tertiary/aromatic N) is 2. The van der Waals surface area contributed by atoms with E-state index in [9.17, 15) is 9.59 Å². The Balaban J connectivity index is 1.42. The van der Waals surface area contributed by atoms with Crippen molar-refractivity contribution in [2.45, 2.75) is 26.4 Å². The topological polar surface area (TPSA) is 49.9 Å². The summed E-state index contributed by atoms with van der Waals surface area (Å²) in [5.41, 5.74) is 5.26. The molecule has 0 aliphatic carbocycles. The molecule has 2 aliphatic heterocycles. The van der Waals surface area contributed by atoms with Gasteiger partial charge in [-0.05, 0) is 42.7 Å². The van der Waals surface area contributed by atoms with Crippen molar-refractivity contribution in [1.82, 2.24) is 4.90 Å². The molecule has 1 saturated heterocycles. The van der Waals surface area contributed by atoms with E-state index in [-0.39, 0.29) is 5.91 Å². The minimum atomic E-state index is -0.709. The van der Waals surface area contributed by atoms with Crippen LogP contribution in [-0.4, -0.2) is 49.1 Å². The molecular formula is C22H24N2O3. The highest BCUT2D eigenvalue weighted by Crippen LogP contribution is 2.25. The summed E-state index contributed by atoms with van der Waals surface area (Å²) >= 11 is 0. The molecule has 0 unspecified atom stereocenters. The maximum atomic E-state index is 12.9. The smallest absolute Gasteiger partial charge is 0.339 e. The Kier molecular flexibility index (Phi) is 4.60. The number of amides is 1. The molecule has 0 spiro atoms. The van der Waals surface area contributed by atoms with Crippen LogP contribution >= 0.6 is 0 Å². The number of aryl methyl sites for hydroxylation is 1. The van der Waals surface area contributed by atoms with Gasteiger partial charge in [0.15, 0.2) is 6.10 Å². The van der Waals surface area contributed by atoms with Gasteiger partial charge in [0.25, 0.3) is 5.91 Å². The summed E-state index contributed by atoms with van der Waals surface area (Å²) in [6.07, 6.45) is -0.252. The maximum Gasteiger partial charge on any atom is 0.339 e. The Hall–Kier alpha value is -2.82. The van der Waals surface area contributed by atoms with Crippen LogP contribution in [0.15, 0.2) is 42.5 Å². The lowest BCUT2D eigenvalue weighted by atomic mass is 9.98. The van der Waals surface area contributed by atoms with Crippen molar-refractivity contribution in [1.29, 1.82) is 0 Å². The maximum absolute atomic E-state index is 12.9. The van der Waals surface area contributed by atoms with Gasteiger partial charge in [-0.25, -0.2) is 4.79 Å². The van der Waals surface area contributed by atoms with Gasteiger partial charge in [-0.2, -0.15) is 0 Å². The number of fused-ring (bicyclic) bond motifs is 1. The van der Waals surface area contributed by atoms with Crippen LogP contribution in [0, 0.1) is 13.8 Å². The van der Waals surface area contributed by atoms with Gasteiger partial charge in [-0.3, -0.25) is 4.79 Å². The van der Waals surface area contributed by atoms with Crippen molar-refractivity contribution in [3.05, 3.63) is 64.7 Å². The molecule has 2 aromatic rings. The second-order valence-corrected chi connectivity index (χ2v) is 7.29. The number of hydrogen-bond donors (Lipinski definition) is 0. The molecule has 5 heteroatoms. The predicted molar refractivity (Wildman–Crippen MR) is 104 cm³/mol. The van der Waals surface area contributed by atoms with Crippen LogP contribution in [0.1, 0.15) is 27.0 Å². The van der Waals surface area contributed by atoms with E-state index in [1.165, 1.54) is 16.8 Å². The number of cyclic esters (lactones) is 1. The summed E-state index contributed by atoms with van der Waals surface area (Å²) in [6.45, 7) is 7.11. The van der Waals surface area contributed by atoms with Crippen LogP contribution in [0.3, 0.4) is 0 Å². The van der Waals surface area contributed by atoms with Gasteiger partial charge in [0, 0.05) is 38.3 Å². The van der Waals surface area contributed by atoms with Crippen LogP contribution in [0.2, 0.25) is 0 Å². The Morgan fingerprint density at radius 2 is 1.74 bits per heavy atom. The highest BCUT2D eigenvalue weighted by molar-refractivity contribution is 5.95. The van der Waals surface area contributed by atoms with E-state index in [1.54, 1.807) is 6.07 Å². The number of ether oxygens (including phenoxy) is 1. The van der Waals surface area contributed by atoms with Crippen molar-refractivity contribution >= 4 is 17.6 Å². The predicted octanol–water partition coefficient (Wildman–Crippen LogP) is 2.73. The van der Waals surface area contributed by atoms with Crippen molar-refractivity contribution < 1.29 is 14.3 Å². The van der Waals surface area contributed by atoms with Gasteiger partial charge in [-0.1, -0.05) is 30.3 Å². The lowest BCUT2D eigenvalue weighted by Crippen LogP contribution is -2.53. The average molecular weight is 364 g/mol. The van der Waals surface area contributed by atoms with Crippen molar-refractivity contribution in [2.24, 2.45) is 0 Å². The standard InChI is InChI=1S/C22H24N2O3/c1-15-6-5-9-19(16(15)2)23-10-12-24(13-11-23)21(25)20-14-17-7-3-4-8-18(17)22(26)27-20/h3-9,20H,10-14H2,1-2H3/t20-/m1/s1. The summed E-state index contributed by atoms with van der Waals surface area (Å²) in [6, 6.07) is 13.7. The van der Waals surface area contributed by atoms with E-state index in [0.29, 0.717) is 25.1 Å². The molecule has 1 amide bonds. The van der Waals surface area contributed by atoms with E-state index in [0.717, 1.165) is 18.7 Å². The number of anilines is 1. The number of piperazine rings is 1. The van der Waals surface area contributed by atoms with E-state index in [4.69, 9.17) is 4.74 Å². The fraction of sp³-hybridized carbons (Fsp3) is 0.364. The zero-order valence-electron chi connectivity index (χ0n) is 15.8. The highest BCUT2D eigenvalue weighted by Gasteiger charge is 2.35. The molecule has 0 radical (unpaired) electrons. The summed E-state index contributed by atoms with van der Waals surface area (Å²) in [7, 11) is 0. The van der Waals surface area contributed by atoms with Crippen molar-refractivity contribution in [3.63, 3.8) is 0 Å². The van der Waals surface area contributed by atoms with Crippen LogP contribution in [0.5, 0.6) is 0 Å². The molecule has 5 nitrogen and oxygen atoms in total. The van der Waals surface area contributed by atoms with Crippen molar-refractivity contribution in [2.75, 3.05) is 31.1 Å². The monoisotopic (exact) mass is 364 g/mol. The lowest BCUT2D eigenvalue weighted by molar-refractivity contribution is -0.141. The molecule has 27 heavy (non-hydrogen) atoms. The Morgan fingerprint density at radius 3 is 2.52 bits per heavy atom. The van der Waals surface area contributed by atoms with Crippen LogP contribution in [0.25, 0.3) is 0 Å². The largest absolute Gasteiger partial charge is 0.448 e. The van der Waals surface area contributed by atoms with Crippen LogP contribution < -0.4 is 4.90 Å². The summed E-state index contributed by atoms with van der Waals surface area (Å²) in [4.78, 5) is 29.2. The van der Waals surface area contributed by atoms with Crippen molar-refractivity contribution in [3.8, 4) is 0 Å². The summed E-state index contributed by atoms with van der Waals surface area (Å²) in [5, 5.41) is 0.